The fourth-order valence-corrected chi connectivity index (χ4v) is 2.28. The molecule has 1 saturated heterocycles. The van der Waals surface area contributed by atoms with Crippen molar-refractivity contribution >= 4 is 0 Å². The number of nitrogens with one attached hydrogen (secondary N) is 1. The number of nitrogens with two attached hydrogens (primary N) is 1. The molecule has 0 radical (unpaired) electrons. The Bertz CT molecular complexity index is 218. The van der Waals surface area contributed by atoms with Crippen LogP contribution < -0.4 is 11.1 Å². The molecule has 1 fully saturated rings. The van der Waals surface area contributed by atoms with Crippen LogP contribution in [0, 0.1) is 18.3 Å². The molecule has 0 bridgehead atoms. The maximum absolute atomic E-state index is 5.83. The van der Waals surface area contributed by atoms with Gasteiger partial charge in [-0.2, -0.15) is 0 Å². The maximum Gasteiger partial charge on any atom is 0.0689 e. The lowest BCUT2D eigenvalue weighted by atomic mass is 9.91. The van der Waals surface area contributed by atoms with Gasteiger partial charge < -0.3 is 10.5 Å². The molecule has 3 nitrogen and oxygen atoms in total. The van der Waals surface area contributed by atoms with E-state index in [-0.39, 0.29) is 6.04 Å². The first-order chi connectivity index (χ1) is 7.81. The third kappa shape index (κ3) is 4.13. The van der Waals surface area contributed by atoms with E-state index in [2.05, 4.69) is 18.2 Å². The van der Waals surface area contributed by atoms with Crippen LogP contribution in [0.3, 0.4) is 0 Å². The molecule has 1 aliphatic heterocycles. The molecule has 92 valence electrons. The van der Waals surface area contributed by atoms with Crippen LogP contribution >= 0.6 is 0 Å². The van der Waals surface area contributed by atoms with Gasteiger partial charge in [0.1, 0.15) is 0 Å². The van der Waals surface area contributed by atoms with Crippen LogP contribution in [-0.4, -0.2) is 31.8 Å². The van der Waals surface area contributed by atoms with Gasteiger partial charge in [-0.3, -0.25) is 5.32 Å². The van der Waals surface area contributed by atoms with E-state index in [1.807, 2.05) is 0 Å². The standard InChI is InChI=1S/C13H24N2O/c1-3-5-12(4-2)15-13(10-14)11-6-8-16-9-7-11/h2,11-13,15H,3,5-10,14H2,1H3. The summed E-state index contributed by atoms with van der Waals surface area (Å²) in [5.74, 6) is 3.43. The molecule has 3 heteroatoms. The number of terminal acetylenes is 1. The molecule has 0 aliphatic carbocycles. The van der Waals surface area contributed by atoms with Gasteiger partial charge in [0.05, 0.1) is 6.04 Å². The van der Waals surface area contributed by atoms with Crippen LogP contribution in [0.4, 0.5) is 0 Å². The summed E-state index contributed by atoms with van der Waals surface area (Å²) in [6.07, 6.45) is 9.83. The van der Waals surface area contributed by atoms with Crippen molar-refractivity contribution in [3.05, 3.63) is 0 Å². The lowest BCUT2D eigenvalue weighted by molar-refractivity contribution is 0.0539. The van der Waals surface area contributed by atoms with Crippen LogP contribution in [-0.2, 0) is 4.74 Å². The van der Waals surface area contributed by atoms with Gasteiger partial charge in [-0.25, -0.2) is 0 Å². The second kappa shape index (κ2) is 7.67. The Balaban J connectivity index is 2.43. The molecule has 0 aromatic carbocycles. The van der Waals surface area contributed by atoms with Crippen LogP contribution in [0.5, 0.6) is 0 Å². The van der Waals surface area contributed by atoms with Gasteiger partial charge in [-0.05, 0) is 25.2 Å². The SMILES string of the molecule is C#CC(CCC)NC(CN)C1CCOCC1. The summed E-state index contributed by atoms with van der Waals surface area (Å²) in [7, 11) is 0. The van der Waals surface area contributed by atoms with E-state index in [0.29, 0.717) is 18.5 Å². The molecule has 0 aromatic rings. The summed E-state index contributed by atoms with van der Waals surface area (Å²) in [6.45, 7) is 4.53. The largest absolute Gasteiger partial charge is 0.381 e. The predicted octanol–water partition coefficient (Wildman–Crippen LogP) is 1.13. The zero-order chi connectivity index (χ0) is 11.8. The molecule has 1 aliphatic rings. The van der Waals surface area contributed by atoms with Crippen molar-refractivity contribution in [2.75, 3.05) is 19.8 Å². The highest BCUT2D eigenvalue weighted by Gasteiger charge is 2.24. The van der Waals surface area contributed by atoms with Gasteiger partial charge >= 0.3 is 0 Å². The summed E-state index contributed by atoms with van der Waals surface area (Å²) >= 11 is 0. The van der Waals surface area contributed by atoms with Crippen molar-refractivity contribution in [2.45, 2.75) is 44.7 Å². The Morgan fingerprint density at radius 2 is 2.19 bits per heavy atom. The van der Waals surface area contributed by atoms with Gasteiger partial charge in [-0.1, -0.05) is 19.3 Å². The van der Waals surface area contributed by atoms with Crippen LogP contribution in [0.15, 0.2) is 0 Å². The number of hydrogen-bond donors (Lipinski definition) is 2. The Labute approximate surface area is 99.1 Å². The predicted molar refractivity (Wildman–Crippen MR) is 67.1 cm³/mol. The van der Waals surface area contributed by atoms with Gasteiger partial charge in [0.15, 0.2) is 0 Å². The zero-order valence-corrected chi connectivity index (χ0v) is 10.2. The Morgan fingerprint density at radius 3 is 2.69 bits per heavy atom. The Hall–Kier alpha value is -0.560. The minimum Gasteiger partial charge on any atom is -0.381 e. The molecule has 0 aromatic heterocycles. The topological polar surface area (TPSA) is 47.3 Å². The molecule has 1 heterocycles. The second-order valence-corrected chi connectivity index (χ2v) is 4.47. The average Bonchev–Trinajstić information content (AvgIpc) is 2.35. The summed E-state index contributed by atoms with van der Waals surface area (Å²) in [5.41, 5.74) is 5.83. The van der Waals surface area contributed by atoms with Gasteiger partial charge in [-0.15, -0.1) is 6.42 Å². The van der Waals surface area contributed by atoms with Crippen molar-refractivity contribution < 1.29 is 4.74 Å². The molecular weight excluding hydrogens is 200 g/mol. The van der Waals surface area contributed by atoms with Gasteiger partial charge in [0.2, 0.25) is 0 Å². The van der Waals surface area contributed by atoms with Crippen molar-refractivity contribution in [2.24, 2.45) is 11.7 Å². The molecular formula is C13H24N2O. The molecule has 1 rings (SSSR count). The van der Waals surface area contributed by atoms with E-state index in [1.165, 1.54) is 0 Å². The first-order valence-electron chi connectivity index (χ1n) is 6.31. The summed E-state index contributed by atoms with van der Waals surface area (Å²) in [5, 5.41) is 3.51. The summed E-state index contributed by atoms with van der Waals surface area (Å²) in [6, 6.07) is 0.512. The molecule has 16 heavy (non-hydrogen) atoms. The van der Waals surface area contributed by atoms with E-state index in [9.17, 15) is 0 Å². The molecule has 0 amide bonds. The second-order valence-electron chi connectivity index (χ2n) is 4.47. The van der Waals surface area contributed by atoms with Crippen molar-refractivity contribution in [1.82, 2.24) is 5.32 Å². The van der Waals surface area contributed by atoms with E-state index in [4.69, 9.17) is 16.9 Å². The molecule has 2 unspecified atom stereocenters. The summed E-state index contributed by atoms with van der Waals surface area (Å²) < 4.78 is 5.36. The van der Waals surface area contributed by atoms with E-state index in [0.717, 1.165) is 38.9 Å². The van der Waals surface area contributed by atoms with Crippen molar-refractivity contribution in [1.29, 1.82) is 0 Å². The average molecular weight is 224 g/mol. The highest BCUT2D eigenvalue weighted by Crippen LogP contribution is 2.19. The highest BCUT2D eigenvalue weighted by molar-refractivity contribution is 5.00. The zero-order valence-electron chi connectivity index (χ0n) is 10.2. The number of hydrogen-bond acceptors (Lipinski definition) is 3. The molecule has 0 saturated carbocycles. The smallest absolute Gasteiger partial charge is 0.0689 e. The lowest BCUT2D eigenvalue weighted by Gasteiger charge is -2.32. The van der Waals surface area contributed by atoms with E-state index < -0.39 is 0 Å². The first-order valence-corrected chi connectivity index (χ1v) is 6.31. The number of ether oxygens (including phenoxy) is 1. The van der Waals surface area contributed by atoms with Crippen molar-refractivity contribution in [3.63, 3.8) is 0 Å². The van der Waals surface area contributed by atoms with E-state index in [1.54, 1.807) is 0 Å². The Kier molecular flexibility index (Phi) is 6.47. The maximum atomic E-state index is 5.83. The van der Waals surface area contributed by atoms with Crippen LogP contribution in [0.25, 0.3) is 0 Å². The minimum atomic E-state index is 0.168. The fraction of sp³-hybridized carbons (Fsp3) is 0.846. The van der Waals surface area contributed by atoms with Gasteiger partial charge in [0, 0.05) is 25.8 Å². The van der Waals surface area contributed by atoms with Crippen LogP contribution in [0.1, 0.15) is 32.6 Å². The fourth-order valence-electron chi connectivity index (χ4n) is 2.28. The van der Waals surface area contributed by atoms with Crippen molar-refractivity contribution in [3.8, 4) is 12.3 Å². The molecule has 3 N–H and O–H groups in total. The molecule has 2 atom stereocenters. The van der Waals surface area contributed by atoms with Crippen LogP contribution in [0.2, 0.25) is 0 Å². The third-order valence-electron chi connectivity index (χ3n) is 3.28. The Morgan fingerprint density at radius 1 is 1.50 bits per heavy atom. The first kappa shape index (κ1) is 13.5. The minimum absolute atomic E-state index is 0.168. The normalized spacial score (nSPS) is 21.3. The highest BCUT2D eigenvalue weighted by atomic mass is 16.5. The van der Waals surface area contributed by atoms with E-state index >= 15 is 0 Å². The lowest BCUT2D eigenvalue weighted by Crippen LogP contribution is -2.48. The molecule has 0 spiro atoms. The summed E-state index contributed by atoms with van der Waals surface area (Å²) in [4.78, 5) is 0. The number of rotatable bonds is 6. The quantitative estimate of drug-likeness (QED) is 0.665. The monoisotopic (exact) mass is 224 g/mol. The third-order valence-corrected chi connectivity index (χ3v) is 3.28. The van der Waals surface area contributed by atoms with Gasteiger partial charge in [0.25, 0.3) is 0 Å².